The van der Waals surface area contributed by atoms with Crippen LogP contribution in [0.15, 0.2) is 97.1 Å². The Bertz CT molecular complexity index is 1560. The number of para-hydroxylation sites is 2. The molecule has 5 rings (SSSR count). The fourth-order valence-electron chi connectivity index (χ4n) is 4.79. The van der Waals surface area contributed by atoms with E-state index in [0.29, 0.717) is 30.8 Å². The van der Waals surface area contributed by atoms with Crippen LogP contribution in [0.25, 0.3) is 21.8 Å². The predicted octanol–water partition coefficient (Wildman–Crippen LogP) is 5.23. The Morgan fingerprint density at radius 2 is 1.59 bits per heavy atom. The summed E-state index contributed by atoms with van der Waals surface area (Å²) < 4.78 is 1.81. The maximum atomic E-state index is 13.5. The van der Waals surface area contributed by atoms with Gasteiger partial charge in [-0.05, 0) is 53.4 Å². The summed E-state index contributed by atoms with van der Waals surface area (Å²) in [5.74, 6) is 0.121. The molecule has 6 nitrogen and oxygen atoms in total. The molecular formula is C31H30N4O2. The number of carbonyl (C=O) groups is 2. The van der Waals surface area contributed by atoms with E-state index in [1.165, 1.54) is 0 Å². The third-order valence-electron chi connectivity index (χ3n) is 6.93. The molecule has 6 heteroatoms. The summed E-state index contributed by atoms with van der Waals surface area (Å²) >= 11 is 0. The molecule has 4 aromatic carbocycles. The standard InChI is InChI=1S/C31H30N4O2/c1-34(31(37)25-17-16-23-12-6-7-13-24(23)21-25)26(20-22-10-4-3-5-11-22)18-19-32-30(36)29-33-27-14-8-9-15-28(27)35(29)2/h3-17,21,26H,18-20H2,1-2H3,(H,32,36). The number of hydrogen-bond donors (Lipinski definition) is 1. The van der Waals surface area contributed by atoms with Gasteiger partial charge < -0.3 is 14.8 Å². The van der Waals surface area contributed by atoms with Crippen LogP contribution < -0.4 is 5.32 Å². The van der Waals surface area contributed by atoms with E-state index in [9.17, 15) is 9.59 Å². The first-order valence-corrected chi connectivity index (χ1v) is 12.5. The molecule has 1 N–H and O–H groups in total. The van der Waals surface area contributed by atoms with Gasteiger partial charge >= 0.3 is 0 Å². The highest BCUT2D eigenvalue weighted by Crippen LogP contribution is 2.19. The van der Waals surface area contributed by atoms with Crippen molar-refractivity contribution in [1.29, 1.82) is 0 Å². The van der Waals surface area contributed by atoms with Crippen LogP contribution in [-0.4, -0.2) is 45.9 Å². The molecule has 0 spiro atoms. The predicted molar refractivity (Wildman–Crippen MR) is 148 cm³/mol. The second-order valence-corrected chi connectivity index (χ2v) is 9.35. The topological polar surface area (TPSA) is 67.2 Å². The van der Waals surface area contributed by atoms with Crippen LogP contribution in [0, 0.1) is 0 Å². The van der Waals surface area contributed by atoms with Gasteiger partial charge in [-0.3, -0.25) is 9.59 Å². The average molecular weight is 491 g/mol. The zero-order valence-electron chi connectivity index (χ0n) is 21.1. The number of aryl methyl sites for hydroxylation is 1. The lowest BCUT2D eigenvalue weighted by atomic mass is 10.0. The van der Waals surface area contributed by atoms with Crippen molar-refractivity contribution in [2.45, 2.75) is 18.9 Å². The number of aromatic nitrogens is 2. The fraction of sp³-hybridized carbons (Fsp3) is 0.194. The van der Waals surface area contributed by atoms with Crippen LogP contribution in [-0.2, 0) is 13.5 Å². The van der Waals surface area contributed by atoms with Crippen molar-refractivity contribution in [3.05, 3.63) is 114 Å². The number of fused-ring (bicyclic) bond motifs is 2. The van der Waals surface area contributed by atoms with E-state index in [1.807, 2.05) is 104 Å². The summed E-state index contributed by atoms with van der Waals surface area (Å²) in [5.41, 5.74) is 3.50. The quantitative estimate of drug-likeness (QED) is 0.324. The summed E-state index contributed by atoms with van der Waals surface area (Å²) in [6, 6.07) is 31.6. The summed E-state index contributed by atoms with van der Waals surface area (Å²) in [6.45, 7) is 0.425. The van der Waals surface area contributed by atoms with E-state index in [0.717, 1.165) is 27.4 Å². The van der Waals surface area contributed by atoms with Crippen LogP contribution >= 0.6 is 0 Å². The van der Waals surface area contributed by atoms with Gasteiger partial charge in [0.25, 0.3) is 11.8 Å². The Morgan fingerprint density at radius 1 is 0.892 bits per heavy atom. The lowest BCUT2D eigenvalue weighted by molar-refractivity contribution is 0.0723. The molecule has 37 heavy (non-hydrogen) atoms. The third-order valence-corrected chi connectivity index (χ3v) is 6.93. The molecule has 2 amide bonds. The van der Waals surface area contributed by atoms with Crippen LogP contribution in [0.2, 0.25) is 0 Å². The Morgan fingerprint density at radius 3 is 2.38 bits per heavy atom. The number of nitrogens with zero attached hydrogens (tertiary/aromatic N) is 3. The Labute approximate surface area is 216 Å². The number of nitrogens with one attached hydrogen (secondary N) is 1. The normalized spacial score (nSPS) is 11.9. The summed E-state index contributed by atoms with van der Waals surface area (Å²) in [4.78, 5) is 32.8. The lowest BCUT2D eigenvalue weighted by Crippen LogP contribution is -2.41. The molecule has 0 saturated heterocycles. The van der Waals surface area contributed by atoms with Crippen molar-refractivity contribution in [3.8, 4) is 0 Å². The number of amides is 2. The monoisotopic (exact) mass is 490 g/mol. The molecule has 1 heterocycles. The molecule has 0 bridgehead atoms. The summed E-state index contributed by atoms with van der Waals surface area (Å²) in [7, 11) is 3.69. The van der Waals surface area contributed by atoms with E-state index in [4.69, 9.17) is 0 Å². The Kier molecular flexibility index (Phi) is 6.99. The number of rotatable bonds is 8. The molecule has 0 saturated carbocycles. The van der Waals surface area contributed by atoms with Crippen LogP contribution in [0.5, 0.6) is 0 Å². The highest BCUT2D eigenvalue weighted by Gasteiger charge is 2.23. The van der Waals surface area contributed by atoms with Gasteiger partial charge in [0, 0.05) is 32.2 Å². The Hall–Kier alpha value is -4.45. The first-order valence-electron chi connectivity index (χ1n) is 12.5. The van der Waals surface area contributed by atoms with E-state index < -0.39 is 0 Å². The van der Waals surface area contributed by atoms with Crippen LogP contribution in [0.1, 0.15) is 33.0 Å². The van der Waals surface area contributed by atoms with Crippen molar-refractivity contribution in [1.82, 2.24) is 19.8 Å². The largest absolute Gasteiger partial charge is 0.349 e. The molecule has 0 radical (unpaired) electrons. The minimum Gasteiger partial charge on any atom is -0.349 e. The number of imidazole rings is 1. The molecule has 186 valence electrons. The molecule has 1 unspecified atom stereocenters. The second-order valence-electron chi connectivity index (χ2n) is 9.35. The third kappa shape index (κ3) is 5.23. The maximum absolute atomic E-state index is 13.5. The molecule has 0 aliphatic heterocycles. The highest BCUT2D eigenvalue weighted by molar-refractivity contribution is 5.98. The molecule has 1 aromatic heterocycles. The maximum Gasteiger partial charge on any atom is 0.287 e. The smallest absolute Gasteiger partial charge is 0.287 e. The van der Waals surface area contributed by atoms with Crippen molar-refractivity contribution >= 4 is 33.6 Å². The van der Waals surface area contributed by atoms with Gasteiger partial charge in [0.1, 0.15) is 0 Å². The zero-order chi connectivity index (χ0) is 25.8. The van der Waals surface area contributed by atoms with Crippen LogP contribution in [0.4, 0.5) is 0 Å². The fourth-order valence-corrected chi connectivity index (χ4v) is 4.79. The molecule has 1 atom stereocenters. The average Bonchev–Trinajstić information content (AvgIpc) is 3.28. The first-order chi connectivity index (χ1) is 18.0. The summed E-state index contributed by atoms with van der Waals surface area (Å²) in [6.07, 6.45) is 1.30. The van der Waals surface area contributed by atoms with Gasteiger partial charge in [-0.25, -0.2) is 4.98 Å². The molecular weight excluding hydrogens is 460 g/mol. The van der Waals surface area contributed by atoms with E-state index in [2.05, 4.69) is 22.4 Å². The highest BCUT2D eigenvalue weighted by atomic mass is 16.2. The second kappa shape index (κ2) is 10.7. The minimum absolute atomic E-state index is 0.0339. The van der Waals surface area contributed by atoms with E-state index in [1.54, 1.807) is 4.90 Å². The number of hydrogen-bond acceptors (Lipinski definition) is 3. The molecule has 0 fully saturated rings. The van der Waals surface area contributed by atoms with E-state index >= 15 is 0 Å². The van der Waals surface area contributed by atoms with Gasteiger partial charge in [-0.15, -0.1) is 0 Å². The number of carbonyl (C=O) groups excluding carboxylic acids is 2. The molecule has 0 aliphatic carbocycles. The first kappa shape index (κ1) is 24.3. The van der Waals surface area contributed by atoms with Crippen molar-refractivity contribution in [2.24, 2.45) is 7.05 Å². The number of benzene rings is 4. The molecule has 5 aromatic rings. The van der Waals surface area contributed by atoms with Gasteiger partial charge in [-0.1, -0.05) is 72.8 Å². The number of likely N-dealkylation sites (N-methyl/N-ethyl adjacent to an activating group) is 1. The molecule has 0 aliphatic rings. The SMILES string of the molecule is CN(C(=O)c1ccc2ccccc2c1)C(CCNC(=O)c1nc2ccccc2n1C)Cc1ccccc1. The minimum atomic E-state index is -0.222. The summed E-state index contributed by atoms with van der Waals surface area (Å²) in [5, 5.41) is 5.16. The van der Waals surface area contributed by atoms with Gasteiger partial charge in [0.05, 0.1) is 11.0 Å². The lowest BCUT2D eigenvalue weighted by Gasteiger charge is -2.29. The van der Waals surface area contributed by atoms with Crippen molar-refractivity contribution < 1.29 is 9.59 Å². The van der Waals surface area contributed by atoms with E-state index in [-0.39, 0.29) is 17.9 Å². The Balaban J connectivity index is 1.31. The van der Waals surface area contributed by atoms with Gasteiger partial charge in [0.15, 0.2) is 5.82 Å². The van der Waals surface area contributed by atoms with Gasteiger partial charge in [-0.2, -0.15) is 0 Å². The van der Waals surface area contributed by atoms with Gasteiger partial charge in [0.2, 0.25) is 0 Å². The zero-order valence-corrected chi connectivity index (χ0v) is 21.1. The van der Waals surface area contributed by atoms with Crippen molar-refractivity contribution in [3.63, 3.8) is 0 Å². The van der Waals surface area contributed by atoms with Crippen molar-refractivity contribution in [2.75, 3.05) is 13.6 Å². The van der Waals surface area contributed by atoms with Crippen LogP contribution in [0.3, 0.4) is 0 Å².